The largest absolute Gasteiger partial charge is 0.349 e. The van der Waals surface area contributed by atoms with E-state index < -0.39 is 10.0 Å². The number of benzene rings is 1. The molecule has 2 aliphatic rings. The Kier molecular flexibility index (Phi) is 4.64. The second kappa shape index (κ2) is 6.72. The highest BCUT2D eigenvalue weighted by Crippen LogP contribution is 2.43. The first-order valence-corrected chi connectivity index (χ1v) is 11.5. The summed E-state index contributed by atoms with van der Waals surface area (Å²) in [5.41, 5.74) is 2.81. The van der Waals surface area contributed by atoms with Crippen LogP contribution in [-0.2, 0) is 10.0 Å². The van der Waals surface area contributed by atoms with Crippen LogP contribution in [0.1, 0.15) is 32.8 Å². The molecule has 27 heavy (non-hydrogen) atoms. The molecule has 3 atom stereocenters. The third-order valence-corrected chi connectivity index (χ3v) is 8.90. The van der Waals surface area contributed by atoms with Gasteiger partial charge in [-0.15, -0.1) is 11.3 Å². The van der Waals surface area contributed by atoms with Crippen LogP contribution in [0.25, 0.3) is 0 Å². The number of fused-ring (bicyclic) bond motifs is 1. The van der Waals surface area contributed by atoms with Gasteiger partial charge in [0.1, 0.15) is 0 Å². The third-order valence-electron chi connectivity index (χ3n) is 6.04. The Morgan fingerprint density at radius 2 is 1.85 bits per heavy atom. The Hall–Kier alpha value is -1.70. The molecule has 0 unspecified atom stereocenters. The van der Waals surface area contributed by atoms with Gasteiger partial charge < -0.3 is 5.32 Å². The van der Waals surface area contributed by atoms with Crippen LogP contribution in [0.15, 0.2) is 34.5 Å². The van der Waals surface area contributed by atoms with Crippen LogP contribution in [0.4, 0.5) is 0 Å². The minimum absolute atomic E-state index is 0.0415. The molecule has 144 valence electrons. The van der Waals surface area contributed by atoms with Crippen molar-refractivity contribution >= 4 is 27.3 Å². The van der Waals surface area contributed by atoms with Gasteiger partial charge in [0.25, 0.3) is 5.91 Å². The summed E-state index contributed by atoms with van der Waals surface area (Å²) < 4.78 is 27.4. The summed E-state index contributed by atoms with van der Waals surface area (Å²) in [5, 5.41) is 5.03. The van der Waals surface area contributed by atoms with Crippen LogP contribution >= 0.6 is 11.3 Å². The second-order valence-electron chi connectivity index (χ2n) is 7.71. The maximum absolute atomic E-state index is 12.9. The van der Waals surface area contributed by atoms with Crippen LogP contribution in [0.3, 0.4) is 0 Å². The van der Waals surface area contributed by atoms with Crippen molar-refractivity contribution in [2.75, 3.05) is 13.1 Å². The number of hydrogen-bond donors (Lipinski definition) is 1. The van der Waals surface area contributed by atoms with E-state index in [9.17, 15) is 13.2 Å². The average Bonchev–Trinajstić information content (AvgIpc) is 3.14. The molecule has 1 aromatic heterocycles. The smallest absolute Gasteiger partial charge is 0.252 e. The molecule has 1 saturated carbocycles. The van der Waals surface area contributed by atoms with E-state index in [1.807, 2.05) is 38.3 Å². The van der Waals surface area contributed by atoms with Gasteiger partial charge >= 0.3 is 0 Å². The van der Waals surface area contributed by atoms with Crippen molar-refractivity contribution in [2.45, 2.75) is 38.1 Å². The summed E-state index contributed by atoms with van der Waals surface area (Å²) in [6.07, 6.45) is 0.846. The molecule has 5 nitrogen and oxygen atoms in total. The van der Waals surface area contributed by atoms with E-state index >= 15 is 0 Å². The predicted molar refractivity (Wildman–Crippen MR) is 107 cm³/mol. The average molecular weight is 405 g/mol. The normalized spacial score (nSPS) is 25.1. The van der Waals surface area contributed by atoms with Gasteiger partial charge in [-0.3, -0.25) is 4.79 Å². The van der Waals surface area contributed by atoms with E-state index in [-0.39, 0.29) is 17.9 Å². The molecule has 0 bridgehead atoms. The third kappa shape index (κ3) is 3.22. The van der Waals surface area contributed by atoms with E-state index in [1.165, 1.54) is 0 Å². The topological polar surface area (TPSA) is 66.5 Å². The Labute approximate surface area is 164 Å². The number of carbonyl (C=O) groups excluding carboxylic acids is 1. The highest BCUT2D eigenvalue weighted by atomic mass is 32.2. The molecule has 0 radical (unpaired) electrons. The van der Waals surface area contributed by atoms with Crippen LogP contribution in [0.5, 0.6) is 0 Å². The number of nitrogens with one attached hydrogen (secondary N) is 1. The monoisotopic (exact) mass is 404 g/mol. The van der Waals surface area contributed by atoms with Crippen LogP contribution < -0.4 is 5.32 Å². The van der Waals surface area contributed by atoms with Crippen LogP contribution in [0, 0.1) is 32.6 Å². The van der Waals surface area contributed by atoms with Gasteiger partial charge in [0.2, 0.25) is 10.0 Å². The lowest BCUT2D eigenvalue weighted by Gasteiger charge is -2.39. The molecule has 0 spiro atoms. The predicted octanol–water partition coefficient (Wildman–Crippen LogP) is 3.11. The van der Waals surface area contributed by atoms with E-state index in [1.54, 1.807) is 27.8 Å². The summed E-state index contributed by atoms with van der Waals surface area (Å²) in [4.78, 5) is 14.1. The Balaban J connectivity index is 1.43. The molecule has 7 heteroatoms. The minimum Gasteiger partial charge on any atom is -0.349 e. The zero-order chi connectivity index (χ0) is 19.3. The first-order chi connectivity index (χ1) is 12.8. The molecule has 1 aliphatic carbocycles. The van der Waals surface area contributed by atoms with Crippen molar-refractivity contribution in [2.24, 2.45) is 11.8 Å². The van der Waals surface area contributed by atoms with Crippen LogP contribution in [0.2, 0.25) is 0 Å². The summed E-state index contributed by atoms with van der Waals surface area (Å²) >= 11 is 1.59. The number of thiophene rings is 1. The van der Waals surface area contributed by atoms with E-state index in [4.69, 9.17) is 0 Å². The number of amides is 1. The number of aryl methyl sites for hydroxylation is 2. The van der Waals surface area contributed by atoms with Crippen LogP contribution in [-0.4, -0.2) is 37.8 Å². The molecular weight excluding hydrogens is 380 g/mol. The quantitative estimate of drug-likeness (QED) is 0.851. The summed E-state index contributed by atoms with van der Waals surface area (Å²) in [6, 6.07) is 7.05. The van der Waals surface area contributed by atoms with Gasteiger partial charge in [-0.2, -0.15) is 4.31 Å². The number of sulfonamides is 1. The second-order valence-corrected chi connectivity index (χ2v) is 10.7. The molecular formula is C20H24N2O3S2. The fourth-order valence-corrected chi connectivity index (χ4v) is 6.47. The van der Waals surface area contributed by atoms with E-state index in [0.29, 0.717) is 23.9 Å². The van der Waals surface area contributed by atoms with Crippen molar-refractivity contribution in [3.05, 3.63) is 51.2 Å². The molecule has 2 aromatic rings. The zero-order valence-electron chi connectivity index (χ0n) is 15.7. The molecule has 2 fully saturated rings. The maximum Gasteiger partial charge on any atom is 0.252 e. The Morgan fingerprint density at radius 3 is 2.48 bits per heavy atom. The Morgan fingerprint density at radius 1 is 1.15 bits per heavy atom. The number of hydrogen-bond acceptors (Lipinski definition) is 4. The van der Waals surface area contributed by atoms with Gasteiger partial charge in [0, 0.05) is 29.4 Å². The van der Waals surface area contributed by atoms with Crippen molar-refractivity contribution in [1.82, 2.24) is 9.62 Å². The standard InChI is InChI=1S/C20H24N2O3S2/c1-12-4-6-16(7-5-12)27(24,25)22-9-15-8-19(17(15)10-22)21-20(23)18-11-26-14(3)13(18)2/h4-7,11,15,17,19H,8-10H2,1-3H3,(H,21,23)/t15-,17+,19+/m1/s1. The highest BCUT2D eigenvalue weighted by molar-refractivity contribution is 7.89. The number of carbonyl (C=O) groups is 1. The van der Waals surface area contributed by atoms with Gasteiger partial charge in [-0.1, -0.05) is 17.7 Å². The van der Waals surface area contributed by atoms with Gasteiger partial charge in [-0.05, 0) is 56.7 Å². The van der Waals surface area contributed by atoms with E-state index in [0.717, 1.165) is 28.0 Å². The summed E-state index contributed by atoms with van der Waals surface area (Å²) in [6.45, 7) is 6.95. The lowest BCUT2D eigenvalue weighted by Crippen LogP contribution is -2.52. The van der Waals surface area contributed by atoms with Crippen molar-refractivity contribution in [3.8, 4) is 0 Å². The summed E-state index contributed by atoms with van der Waals surface area (Å²) in [7, 11) is -3.47. The number of nitrogens with zero attached hydrogens (tertiary/aromatic N) is 1. The van der Waals surface area contributed by atoms with E-state index in [2.05, 4.69) is 5.32 Å². The molecule has 1 aliphatic heterocycles. The first-order valence-electron chi connectivity index (χ1n) is 9.19. The zero-order valence-corrected chi connectivity index (χ0v) is 17.4. The molecule has 1 N–H and O–H groups in total. The van der Waals surface area contributed by atoms with Gasteiger partial charge in [0.15, 0.2) is 0 Å². The van der Waals surface area contributed by atoms with Crippen molar-refractivity contribution in [1.29, 1.82) is 0 Å². The molecule has 1 amide bonds. The molecule has 2 heterocycles. The maximum atomic E-state index is 12.9. The highest BCUT2D eigenvalue weighted by Gasteiger charge is 2.50. The van der Waals surface area contributed by atoms with Gasteiger partial charge in [0.05, 0.1) is 10.5 Å². The lowest BCUT2D eigenvalue weighted by molar-refractivity contribution is 0.0832. The SMILES string of the molecule is Cc1ccc(S(=O)(=O)N2C[C@H]3C[C@H](NC(=O)c4csc(C)c4C)[C@H]3C2)cc1. The fourth-order valence-electron chi connectivity index (χ4n) is 4.07. The summed E-state index contributed by atoms with van der Waals surface area (Å²) in [5.74, 6) is 0.496. The molecule has 4 rings (SSSR count). The molecule has 1 aromatic carbocycles. The molecule has 1 saturated heterocycles. The Bertz CT molecular complexity index is 979. The first kappa shape index (κ1) is 18.7. The fraction of sp³-hybridized carbons (Fsp3) is 0.450. The van der Waals surface area contributed by atoms with Crippen molar-refractivity contribution in [3.63, 3.8) is 0 Å². The number of rotatable bonds is 4. The lowest BCUT2D eigenvalue weighted by atomic mass is 9.71. The minimum atomic E-state index is -3.47. The van der Waals surface area contributed by atoms with Crippen molar-refractivity contribution < 1.29 is 13.2 Å². The van der Waals surface area contributed by atoms with Gasteiger partial charge in [-0.25, -0.2) is 8.42 Å².